The van der Waals surface area contributed by atoms with E-state index in [9.17, 15) is 4.79 Å². The Kier molecular flexibility index (Phi) is 2.29. The topological polar surface area (TPSA) is 58.9 Å². The van der Waals surface area contributed by atoms with Crippen molar-refractivity contribution < 1.29 is 0 Å². The maximum atomic E-state index is 11.3. The van der Waals surface area contributed by atoms with Gasteiger partial charge in [0.1, 0.15) is 0 Å². The number of anilines is 1. The Labute approximate surface area is 87.6 Å². The standard InChI is InChI=1S/C12H12N2O/c1-8-6-9(7-12(15)14-8)10-4-2-3-5-11(10)13/h2-7H,13H2,1H3,(H,14,15). The molecule has 1 aromatic heterocycles. The first-order valence-electron chi connectivity index (χ1n) is 4.72. The Balaban J connectivity index is 2.64. The van der Waals surface area contributed by atoms with E-state index in [1.54, 1.807) is 6.07 Å². The van der Waals surface area contributed by atoms with Gasteiger partial charge in [0, 0.05) is 23.0 Å². The summed E-state index contributed by atoms with van der Waals surface area (Å²) in [5.41, 5.74) is 9.00. The lowest BCUT2D eigenvalue weighted by molar-refractivity contribution is 1.14. The molecule has 15 heavy (non-hydrogen) atoms. The summed E-state index contributed by atoms with van der Waals surface area (Å²) in [5.74, 6) is 0. The quantitative estimate of drug-likeness (QED) is 0.691. The van der Waals surface area contributed by atoms with Gasteiger partial charge in [-0.2, -0.15) is 0 Å². The van der Waals surface area contributed by atoms with Crippen LogP contribution in [0, 0.1) is 6.92 Å². The second-order valence-corrected chi connectivity index (χ2v) is 3.50. The van der Waals surface area contributed by atoms with E-state index in [1.165, 1.54) is 0 Å². The molecule has 2 rings (SSSR count). The molecule has 0 aliphatic rings. The molecule has 0 saturated heterocycles. The summed E-state index contributed by atoms with van der Waals surface area (Å²) < 4.78 is 0. The molecular weight excluding hydrogens is 188 g/mol. The van der Waals surface area contributed by atoms with Crippen LogP contribution in [0.25, 0.3) is 11.1 Å². The number of nitrogens with one attached hydrogen (secondary N) is 1. The maximum absolute atomic E-state index is 11.3. The van der Waals surface area contributed by atoms with Crippen LogP contribution in [0.1, 0.15) is 5.69 Å². The number of pyridine rings is 1. The van der Waals surface area contributed by atoms with Gasteiger partial charge in [0.05, 0.1) is 0 Å². The number of nitrogen functional groups attached to an aromatic ring is 1. The van der Waals surface area contributed by atoms with Crippen molar-refractivity contribution in [2.24, 2.45) is 0 Å². The van der Waals surface area contributed by atoms with Gasteiger partial charge in [-0.15, -0.1) is 0 Å². The molecule has 2 aromatic rings. The third kappa shape index (κ3) is 1.91. The van der Waals surface area contributed by atoms with E-state index in [4.69, 9.17) is 5.73 Å². The number of hydrogen-bond donors (Lipinski definition) is 2. The first-order valence-corrected chi connectivity index (χ1v) is 4.72. The van der Waals surface area contributed by atoms with Gasteiger partial charge >= 0.3 is 0 Å². The van der Waals surface area contributed by atoms with E-state index in [2.05, 4.69) is 4.98 Å². The number of nitrogens with two attached hydrogens (primary N) is 1. The highest BCUT2D eigenvalue weighted by Gasteiger charge is 2.02. The van der Waals surface area contributed by atoms with E-state index in [-0.39, 0.29) is 5.56 Å². The number of hydrogen-bond acceptors (Lipinski definition) is 2. The normalized spacial score (nSPS) is 10.2. The Morgan fingerprint density at radius 1 is 1.20 bits per heavy atom. The lowest BCUT2D eigenvalue weighted by Crippen LogP contribution is -2.06. The lowest BCUT2D eigenvalue weighted by Gasteiger charge is -2.05. The minimum atomic E-state index is -0.103. The molecule has 0 spiro atoms. The summed E-state index contributed by atoms with van der Waals surface area (Å²) >= 11 is 0. The Hall–Kier alpha value is -2.03. The molecule has 0 radical (unpaired) electrons. The molecule has 0 aliphatic carbocycles. The van der Waals surface area contributed by atoms with Crippen LogP contribution in [-0.2, 0) is 0 Å². The van der Waals surface area contributed by atoms with Crippen molar-refractivity contribution in [1.29, 1.82) is 0 Å². The summed E-state index contributed by atoms with van der Waals surface area (Å²) in [6.45, 7) is 1.85. The van der Waals surface area contributed by atoms with E-state index in [0.717, 1.165) is 16.8 Å². The molecule has 0 saturated carbocycles. The summed E-state index contributed by atoms with van der Waals surface area (Å²) in [4.78, 5) is 14.0. The third-order valence-electron chi connectivity index (χ3n) is 2.25. The van der Waals surface area contributed by atoms with Gasteiger partial charge in [-0.1, -0.05) is 18.2 Å². The molecule has 3 nitrogen and oxygen atoms in total. The van der Waals surface area contributed by atoms with E-state index < -0.39 is 0 Å². The first kappa shape index (κ1) is 9.52. The van der Waals surface area contributed by atoms with Crippen molar-refractivity contribution in [3.05, 3.63) is 52.4 Å². The molecule has 0 fully saturated rings. The van der Waals surface area contributed by atoms with Crippen LogP contribution in [0.15, 0.2) is 41.2 Å². The van der Waals surface area contributed by atoms with Crippen LogP contribution in [-0.4, -0.2) is 4.98 Å². The number of aryl methyl sites for hydroxylation is 1. The molecule has 1 aromatic carbocycles. The number of aromatic nitrogens is 1. The number of H-pyrrole nitrogens is 1. The van der Waals surface area contributed by atoms with Crippen LogP contribution >= 0.6 is 0 Å². The van der Waals surface area contributed by atoms with Crippen LogP contribution < -0.4 is 11.3 Å². The molecule has 0 atom stereocenters. The average Bonchev–Trinajstić information content (AvgIpc) is 2.16. The van der Waals surface area contributed by atoms with E-state index >= 15 is 0 Å². The maximum Gasteiger partial charge on any atom is 0.248 e. The van der Waals surface area contributed by atoms with Crippen molar-refractivity contribution >= 4 is 5.69 Å². The largest absolute Gasteiger partial charge is 0.398 e. The molecule has 76 valence electrons. The summed E-state index contributed by atoms with van der Waals surface area (Å²) in [5, 5.41) is 0. The monoisotopic (exact) mass is 200 g/mol. The zero-order chi connectivity index (χ0) is 10.8. The highest BCUT2D eigenvalue weighted by molar-refractivity contribution is 5.75. The van der Waals surface area contributed by atoms with Crippen LogP contribution in [0.5, 0.6) is 0 Å². The first-order chi connectivity index (χ1) is 7.16. The number of aromatic amines is 1. The van der Waals surface area contributed by atoms with Crippen molar-refractivity contribution in [3.8, 4) is 11.1 Å². The fraction of sp³-hybridized carbons (Fsp3) is 0.0833. The zero-order valence-electron chi connectivity index (χ0n) is 8.45. The average molecular weight is 200 g/mol. The van der Waals surface area contributed by atoms with Crippen LogP contribution in [0.2, 0.25) is 0 Å². The van der Waals surface area contributed by atoms with Gasteiger partial charge < -0.3 is 10.7 Å². The molecule has 3 heteroatoms. The minimum Gasteiger partial charge on any atom is -0.398 e. The van der Waals surface area contributed by atoms with Crippen molar-refractivity contribution in [1.82, 2.24) is 4.98 Å². The molecule has 0 amide bonds. The molecular formula is C12H12N2O. The fourth-order valence-corrected chi connectivity index (χ4v) is 1.60. The molecule has 3 N–H and O–H groups in total. The third-order valence-corrected chi connectivity index (χ3v) is 2.25. The highest BCUT2D eigenvalue weighted by atomic mass is 16.1. The van der Waals surface area contributed by atoms with Crippen LogP contribution in [0.3, 0.4) is 0 Å². The zero-order valence-corrected chi connectivity index (χ0v) is 8.45. The summed E-state index contributed by atoms with van der Waals surface area (Å²) in [6, 6.07) is 11.0. The lowest BCUT2D eigenvalue weighted by atomic mass is 10.0. The number of para-hydroxylation sites is 1. The van der Waals surface area contributed by atoms with Crippen molar-refractivity contribution in [3.63, 3.8) is 0 Å². The van der Waals surface area contributed by atoms with E-state index in [1.807, 2.05) is 37.3 Å². The second kappa shape index (κ2) is 3.61. The van der Waals surface area contributed by atoms with E-state index in [0.29, 0.717) is 5.69 Å². The molecule has 1 heterocycles. The van der Waals surface area contributed by atoms with Crippen LogP contribution in [0.4, 0.5) is 5.69 Å². The summed E-state index contributed by atoms with van der Waals surface area (Å²) in [6.07, 6.45) is 0. The second-order valence-electron chi connectivity index (χ2n) is 3.50. The van der Waals surface area contributed by atoms with Gasteiger partial charge in [-0.05, 0) is 24.6 Å². The SMILES string of the molecule is Cc1cc(-c2ccccc2N)cc(=O)[nH]1. The van der Waals surface area contributed by atoms with Gasteiger partial charge in [-0.3, -0.25) is 4.79 Å². The van der Waals surface area contributed by atoms with Gasteiger partial charge in [-0.25, -0.2) is 0 Å². The van der Waals surface area contributed by atoms with Gasteiger partial charge in [0.15, 0.2) is 0 Å². The fourth-order valence-electron chi connectivity index (χ4n) is 1.60. The highest BCUT2D eigenvalue weighted by Crippen LogP contribution is 2.24. The Morgan fingerprint density at radius 2 is 1.93 bits per heavy atom. The smallest absolute Gasteiger partial charge is 0.248 e. The van der Waals surface area contributed by atoms with Gasteiger partial charge in [0.25, 0.3) is 0 Å². The summed E-state index contributed by atoms with van der Waals surface area (Å²) in [7, 11) is 0. The molecule has 0 bridgehead atoms. The predicted octanol–water partition coefficient (Wildman–Crippen LogP) is 1.93. The predicted molar refractivity (Wildman–Crippen MR) is 61.6 cm³/mol. The molecule has 0 unspecified atom stereocenters. The van der Waals surface area contributed by atoms with Gasteiger partial charge in [0.2, 0.25) is 5.56 Å². The number of benzene rings is 1. The minimum absolute atomic E-state index is 0.103. The molecule has 0 aliphatic heterocycles. The Bertz CT molecular complexity index is 543. The van der Waals surface area contributed by atoms with Crippen molar-refractivity contribution in [2.45, 2.75) is 6.92 Å². The van der Waals surface area contributed by atoms with Crippen molar-refractivity contribution in [2.75, 3.05) is 5.73 Å². The number of rotatable bonds is 1. The Morgan fingerprint density at radius 3 is 2.60 bits per heavy atom.